The zero-order valence-electron chi connectivity index (χ0n) is 21.1. The highest BCUT2D eigenvalue weighted by Crippen LogP contribution is 2.55. The third kappa shape index (κ3) is 5.06. The molecule has 0 saturated carbocycles. The highest BCUT2D eigenvalue weighted by molar-refractivity contribution is 6.05. The van der Waals surface area contributed by atoms with Crippen LogP contribution in [0.25, 0.3) is 0 Å². The van der Waals surface area contributed by atoms with Crippen molar-refractivity contribution < 1.29 is 62.2 Å². The van der Waals surface area contributed by atoms with Crippen molar-refractivity contribution in [2.24, 2.45) is 20.9 Å². The molecule has 0 aliphatic carbocycles. The molecule has 5 nitrogen and oxygen atoms in total. The molecular weight excluding hydrogens is 602 g/mol. The molecular formula is C25H17F12N3O2. The number of hydrogen-bond donors (Lipinski definition) is 0. The number of alkyl halides is 12. The summed E-state index contributed by atoms with van der Waals surface area (Å²) in [7, 11) is 0. The van der Waals surface area contributed by atoms with Crippen LogP contribution in [0.1, 0.15) is 22.3 Å². The number of aryl methyl sites for hydroxylation is 2. The van der Waals surface area contributed by atoms with Crippen molar-refractivity contribution in [3.05, 3.63) is 70.8 Å². The van der Waals surface area contributed by atoms with Crippen molar-refractivity contribution in [3.8, 4) is 0 Å². The molecule has 2 aromatic rings. The van der Waals surface area contributed by atoms with Gasteiger partial charge in [-0.05, 0) is 38.1 Å². The van der Waals surface area contributed by atoms with Gasteiger partial charge in [0.25, 0.3) is 5.54 Å². The highest BCUT2D eigenvalue weighted by atomic mass is 19.4. The fourth-order valence-corrected chi connectivity index (χ4v) is 4.19. The van der Waals surface area contributed by atoms with Crippen molar-refractivity contribution in [1.82, 2.24) is 0 Å². The number of rotatable bonds is 3. The minimum Gasteiger partial charge on any atom is -0.477 e. The van der Waals surface area contributed by atoms with E-state index < -0.39 is 71.7 Å². The summed E-state index contributed by atoms with van der Waals surface area (Å²) in [5, 5.41) is 0. The van der Waals surface area contributed by atoms with E-state index in [-0.39, 0.29) is 5.56 Å². The normalized spacial score (nSPS) is 21.0. The Morgan fingerprint density at radius 3 is 1.43 bits per heavy atom. The van der Waals surface area contributed by atoms with Crippen LogP contribution >= 0.6 is 0 Å². The molecule has 2 aromatic carbocycles. The first-order valence-corrected chi connectivity index (χ1v) is 11.6. The summed E-state index contributed by atoms with van der Waals surface area (Å²) < 4.78 is 181. The van der Waals surface area contributed by atoms with Gasteiger partial charge in [-0.15, -0.1) is 0 Å². The van der Waals surface area contributed by atoms with Gasteiger partial charge in [0.1, 0.15) is 12.5 Å². The Bertz CT molecular complexity index is 1390. The van der Waals surface area contributed by atoms with Crippen molar-refractivity contribution in [2.75, 3.05) is 6.61 Å². The van der Waals surface area contributed by atoms with E-state index in [1.165, 1.54) is 31.2 Å². The second-order valence-corrected chi connectivity index (χ2v) is 9.41. The number of benzene rings is 2. The molecule has 0 radical (unpaired) electrons. The summed E-state index contributed by atoms with van der Waals surface area (Å²) >= 11 is 0. The van der Waals surface area contributed by atoms with Crippen molar-refractivity contribution in [2.45, 2.75) is 49.8 Å². The van der Waals surface area contributed by atoms with Gasteiger partial charge in [0.2, 0.25) is 17.7 Å². The van der Waals surface area contributed by atoms with Crippen LogP contribution in [0.3, 0.4) is 0 Å². The fraction of sp³-hybridized carbons (Fsp3) is 0.400. The fourth-order valence-electron chi connectivity index (χ4n) is 4.19. The van der Waals surface area contributed by atoms with Gasteiger partial charge in [-0.3, -0.25) is 0 Å². The lowest BCUT2D eigenvalue weighted by Crippen LogP contribution is -2.67. The Kier molecular flexibility index (Phi) is 7.34. The van der Waals surface area contributed by atoms with Gasteiger partial charge < -0.3 is 9.47 Å². The predicted octanol–water partition coefficient (Wildman–Crippen LogP) is 7.26. The zero-order chi connectivity index (χ0) is 31.5. The molecule has 0 N–H and O–H groups in total. The largest absolute Gasteiger partial charge is 0.477 e. The lowest BCUT2D eigenvalue weighted by molar-refractivity contribution is -0.310. The average Bonchev–Trinajstić information content (AvgIpc) is 2.86. The molecule has 0 spiro atoms. The molecule has 2 heterocycles. The lowest BCUT2D eigenvalue weighted by atomic mass is 9.81. The summed E-state index contributed by atoms with van der Waals surface area (Å²) in [5.74, 6) is -8.49. The van der Waals surface area contributed by atoms with Crippen LogP contribution in [-0.2, 0) is 9.47 Å². The minimum absolute atomic E-state index is 0.370. The van der Waals surface area contributed by atoms with Crippen LogP contribution < -0.4 is 0 Å². The summed E-state index contributed by atoms with van der Waals surface area (Å²) in [6.07, 6.45) is -25.9. The highest BCUT2D eigenvalue weighted by Gasteiger charge is 2.79. The quantitative estimate of drug-likeness (QED) is 0.340. The van der Waals surface area contributed by atoms with E-state index in [1.807, 2.05) is 0 Å². The van der Waals surface area contributed by atoms with Crippen LogP contribution in [-0.4, -0.2) is 60.2 Å². The number of ether oxygens (including phenoxy) is 2. The molecule has 2 aliphatic heterocycles. The first kappa shape index (κ1) is 31.2. The van der Waals surface area contributed by atoms with E-state index >= 15 is 0 Å². The van der Waals surface area contributed by atoms with Crippen LogP contribution in [0, 0.1) is 19.8 Å². The van der Waals surface area contributed by atoms with E-state index in [2.05, 4.69) is 15.0 Å². The molecule has 0 fully saturated rings. The van der Waals surface area contributed by atoms with Crippen molar-refractivity contribution in [1.29, 1.82) is 0 Å². The monoisotopic (exact) mass is 619 g/mol. The molecule has 1 atom stereocenters. The number of nitrogens with zero attached hydrogens (tertiary/aromatic N) is 3. The van der Waals surface area contributed by atoms with E-state index in [9.17, 15) is 52.7 Å². The van der Waals surface area contributed by atoms with Gasteiger partial charge >= 0.3 is 30.4 Å². The minimum atomic E-state index is -6.48. The second-order valence-electron chi connectivity index (χ2n) is 9.41. The summed E-state index contributed by atoms with van der Waals surface area (Å²) in [6.45, 7) is 1.27. The number of aliphatic imine (C=N–C) groups is 3. The van der Waals surface area contributed by atoms with Crippen molar-refractivity contribution >= 4 is 17.7 Å². The van der Waals surface area contributed by atoms with Gasteiger partial charge in [-0.25, -0.2) is 15.0 Å². The van der Waals surface area contributed by atoms with Crippen molar-refractivity contribution in [3.63, 3.8) is 0 Å². The van der Waals surface area contributed by atoms with Crippen LogP contribution in [0.4, 0.5) is 52.7 Å². The maximum atomic E-state index is 14.5. The molecule has 228 valence electrons. The standard InChI is InChI=1S/C25H17F12N3O2/c1-12-3-7-14(8-4-12)17-38-20(22(26,27)28,23(29,30)31)16(11-41-17)19-40-21(24(32,33)34,25(35,36)37)39-18(42-19)15-9-5-13(2)6-10-15/h3-10,16H,11H2,1-2H3. The second kappa shape index (κ2) is 9.90. The number of hydrogen-bond acceptors (Lipinski definition) is 5. The molecule has 1 unspecified atom stereocenters. The Hall–Kier alpha value is -3.79. The van der Waals surface area contributed by atoms with Crippen LogP contribution in [0.2, 0.25) is 0 Å². The van der Waals surface area contributed by atoms with Gasteiger partial charge in [0.05, 0.1) is 0 Å². The molecule has 4 rings (SSSR count). The molecule has 0 aromatic heterocycles. The summed E-state index contributed by atoms with van der Waals surface area (Å²) in [5.41, 5.74) is -10.8. The molecule has 2 aliphatic rings. The topological polar surface area (TPSA) is 55.5 Å². The van der Waals surface area contributed by atoms with Crippen LogP contribution in [0.5, 0.6) is 0 Å². The van der Waals surface area contributed by atoms with Gasteiger partial charge in [0.15, 0.2) is 0 Å². The van der Waals surface area contributed by atoms with Gasteiger partial charge in [-0.1, -0.05) is 35.4 Å². The lowest BCUT2D eigenvalue weighted by Gasteiger charge is -2.44. The molecule has 17 heteroatoms. The maximum Gasteiger partial charge on any atom is 0.443 e. The molecule has 0 saturated heterocycles. The molecule has 0 bridgehead atoms. The van der Waals surface area contributed by atoms with E-state index in [0.717, 1.165) is 24.3 Å². The first-order chi connectivity index (χ1) is 19.1. The maximum absolute atomic E-state index is 14.5. The molecule has 0 amide bonds. The Labute approximate surface area is 228 Å². The first-order valence-electron chi connectivity index (χ1n) is 11.6. The average molecular weight is 619 g/mol. The van der Waals surface area contributed by atoms with Gasteiger partial charge in [-0.2, -0.15) is 52.7 Å². The zero-order valence-corrected chi connectivity index (χ0v) is 21.1. The Balaban J connectivity index is 2.02. The predicted molar refractivity (Wildman–Crippen MR) is 123 cm³/mol. The Morgan fingerprint density at radius 2 is 1.02 bits per heavy atom. The third-order valence-corrected chi connectivity index (χ3v) is 6.46. The van der Waals surface area contributed by atoms with E-state index in [4.69, 9.17) is 9.47 Å². The smallest absolute Gasteiger partial charge is 0.443 e. The molecule has 42 heavy (non-hydrogen) atoms. The van der Waals surface area contributed by atoms with E-state index in [0.29, 0.717) is 11.1 Å². The number of halogens is 12. The van der Waals surface area contributed by atoms with E-state index in [1.54, 1.807) is 6.92 Å². The summed E-state index contributed by atoms with van der Waals surface area (Å²) in [4.78, 5) is 7.65. The van der Waals surface area contributed by atoms with Gasteiger partial charge in [0, 0.05) is 11.1 Å². The Morgan fingerprint density at radius 1 is 0.595 bits per heavy atom. The van der Waals surface area contributed by atoms with Crippen LogP contribution in [0.15, 0.2) is 63.5 Å². The SMILES string of the molecule is Cc1ccc(C2=NC(C(F)(F)F)(C(F)(F)F)C(C3=NC(C(F)(F)F)(C(F)(F)F)N=C(c4ccc(C)cc4)O3)CO2)cc1. The third-order valence-electron chi connectivity index (χ3n) is 6.46. The summed E-state index contributed by atoms with van der Waals surface area (Å²) in [6, 6.07) is 8.95.